The first-order valence-electron chi connectivity index (χ1n) is 7.76. The molecule has 0 aromatic carbocycles. The number of methoxy groups -OCH3 is 1. The van der Waals surface area contributed by atoms with E-state index in [1.165, 1.54) is 7.11 Å². The van der Waals surface area contributed by atoms with Gasteiger partial charge in [-0.1, -0.05) is 46.0 Å². The van der Waals surface area contributed by atoms with E-state index in [0.29, 0.717) is 28.5 Å². The monoisotopic (exact) mass is 341 g/mol. The van der Waals surface area contributed by atoms with Crippen LogP contribution in [0.1, 0.15) is 62.8 Å². The quantitative estimate of drug-likeness (QED) is 0.776. The Bertz CT molecular complexity index is 563. The lowest BCUT2D eigenvalue weighted by Gasteiger charge is -2.27. The number of thiazole rings is 1. The lowest BCUT2D eigenvalue weighted by Crippen LogP contribution is -2.41. The van der Waals surface area contributed by atoms with Crippen LogP contribution in [-0.2, 0) is 14.9 Å². The third-order valence-electron chi connectivity index (χ3n) is 4.15. The highest BCUT2D eigenvalue weighted by molar-refractivity contribution is 7.17. The Labute approximate surface area is 141 Å². The molecule has 0 radical (unpaired) electrons. The number of amides is 1. The molecule has 1 amide bonds. The Morgan fingerprint density at radius 1 is 1.26 bits per heavy atom. The normalized spacial score (nSPS) is 12.1. The van der Waals surface area contributed by atoms with Crippen LogP contribution in [0, 0.1) is 5.41 Å². The molecule has 3 N–H and O–H groups in total. The van der Waals surface area contributed by atoms with Gasteiger partial charge in [0.1, 0.15) is 4.88 Å². The van der Waals surface area contributed by atoms with Gasteiger partial charge in [-0.3, -0.25) is 4.79 Å². The molecule has 0 saturated carbocycles. The van der Waals surface area contributed by atoms with E-state index in [1.54, 1.807) is 0 Å². The fourth-order valence-corrected chi connectivity index (χ4v) is 3.38. The third-order valence-corrected chi connectivity index (χ3v) is 5.11. The number of carbonyl (C=O) groups excluding carboxylic acids is 2. The highest BCUT2D eigenvalue weighted by Crippen LogP contribution is 2.34. The van der Waals surface area contributed by atoms with Crippen LogP contribution < -0.4 is 11.1 Å². The Hall–Kier alpha value is -1.47. The molecular weight excluding hydrogens is 314 g/mol. The molecule has 1 rings (SSSR count). The van der Waals surface area contributed by atoms with Crippen molar-refractivity contribution in [2.75, 3.05) is 19.0 Å². The second-order valence-corrected chi connectivity index (χ2v) is 7.58. The molecule has 0 fully saturated rings. The minimum absolute atomic E-state index is 0.157. The van der Waals surface area contributed by atoms with Crippen LogP contribution in [0.3, 0.4) is 0 Å². The number of carbonyl (C=O) groups is 2. The summed E-state index contributed by atoms with van der Waals surface area (Å²) in [6.07, 6.45) is 1.29. The van der Waals surface area contributed by atoms with Crippen molar-refractivity contribution in [2.24, 2.45) is 11.1 Å². The molecule has 1 aromatic rings. The van der Waals surface area contributed by atoms with Crippen molar-refractivity contribution in [1.29, 1.82) is 0 Å². The molecule has 0 unspecified atom stereocenters. The van der Waals surface area contributed by atoms with Gasteiger partial charge in [-0.25, -0.2) is 9.78 Å². The minimum Gasteiger partial charge on any atom is -0.465 e. The average Bonchev–Trinajstić information content (AvgIpc) is 2.93. The zero-order valence-electron chi connectivity index (χ0n) is 14.8. The van der Waals surface area contributed by atoms with E-state index in [9.17, 15) is 9.59 Å². The Balaban J connectivity index is 3.18. The van der Waals surface area contributed by atoms with E-state index in [1.807, 2.05) is 34.6 Å². The van der Waals surface area contributed by atoms with Crippen molar-refractivity contribution in [3.05, 3.63) is 10.6 Å². The molecule has 0 atom stereocenters. The van der Waals surface area contributed by atoms with Crippen molar-refractivity contribution < 1.29 is 14.3 Å². The Kier molecular flexibility index (Phi) is 6.30. The van der Waals surface area contributed by atoms with Crippen LogP contribution in [0.5, 0.6) is 0 Å². The van der Waals surface area contributed by atoms with Crippen molar-refractivity contribution in [3.8, 4) is 0 Å². The predicted molar refractivity (Wildman–Crippen MR) is 92.9 cm³/mol. The first kappa shape index (κ1) is 19.6. The van der Waals surface area contributed by atoms with Gasteiger partial charge < -0.3 is 15.8 Å². The SMILES string of the molecule is CCC(CC)(CN)C(=O)Nc1nc(C(C)(C)C)c(C(=O)OC)s1. The Morgan fingerprint density at radius 3 is 2.22 bits per heavy atom. The molecule has 0 aliphatic rings. The maximum Gasteiger partial charge on any atom is 0.350 e. The number of anilines is 1. The summed E-state index contributed by atoms with van der Waals surface area (Å²) < 4.78 is 4.82. The van der Waals surface area contributed by atoms with Gasteiger partial charge in [0, 0.05) is 12.0 Å². The predicted octanol–water partition coefficient (Wildman–Crippen LogP) is 2.93. The number of ether oxygens (including phenoxy) is 1. The van der Waals surface area contributed by atoms with Gasteiger partial charge in [0.25, 0.3) is 0 Å². The van der Waals surface area contributed by atoms with E-state index in [-0.39, 0.29) is 17.9 Å². The standard InChI is InChI=1S/C16H27N3O3S/c1-7-16(8-2,9-17)13(21)19-14-18-11(15(3,4)5)10(23-14)12(20)22-6/h7-9,17H2,1-6H3,(H,18,19,21). The van der Waals surface area contributed by atoms with E-state index in [2.05, 4.69) is 10.3 Å². The van der Waals surface area contributed by atoms with Gasteiger partial charge in [0.2, 0.25) is 5.91 Å². The summed E-state index contributed by atoms with van der Waals surface area (Å²) in [5, 5.41) is 3.23. The number of nitrogens with one attached hydrogen (secondary N) is 1. The highest BCUT2D eigenvalue weighted by Gasteiger charge is 2.35. The molecule has 0 spiro atoms. The zero-order chi connectivity index (χ0) is 17.8. The molecule has 1 heterocycles. The minimum atomic E-state index is -0.612. The summed E-state index contributed by atoms with van der Waals surface area (Å²) in [5.74, 6) is -0.598. The Morgan fingerprint density at radius 2 is 1.83 bits per heavy atom. The first-order chi connectivity index (χ1) is 10.6. The number of hydrogen-bond donors (Lipinski definition) is 2. The number of esters is 1. The summed E-state index contributed by atoms with van der Waals surface area (Å²) >= 11 is 1.14. The van der Waals surface area contributed by atoms with Crippen LogP contribution in [0.4, 0.5) is 5.13 Å². The zero-order valence-corrected chi connectivity index (χ0v) is 15.6. The first-order valence-corrected chi connectivity index (χ1v) is 8.58. The summed E-state index contributed by atoms with van der Waals surface area (Å²) in [6.45, 7) is 10.0. The summed E-state index contributed by atoms with van der Waals surface area (Å²) in [6, 6.07) is 0. The maximum atomic E-state index is 12.6. The van der Waals surface area contributed by atoms with Gasteiger partial charge >= 0.3 is 5.97 Å². The summed E-state index contributed by atoms with van der Waals surface area (Å²) in [7, 11) is 1.33. The average molecular weight is 341 g/mol. The van der Waals surface area contributed by atoms with Crippen LogP contribution >= 0.6 is 11.3 Å². The van der Waals surface area contributed by atoms with Crippen LogP contribution in [0.2, 0.25) is 0 Å². The topological polar surface area (TPSA) is 94.3 Å². The largest absolute Gasteiger partial charge is 0.465 e. The number of nitrogens with two attached hydrogens (primary N) is 1. The molecule has 0 aliphatic carbocycles. The third kappa shape index (κ3) is 4.09. The van der Waals surface area contributed by atoms with E-state index in [0.717, 1.165) is 11.3 Å². The smallest absolute Gasteiger partial charge is 0.350 e. The molecule has 0 saturated heterocycles. The van der Waals surface area contributed by atoms with Crippen molar-refractivity contribution in [1.82, 2.24) is 4.98 Å². The molecule has 23 heavy (non-hydrogen) atoms. The van der Waals surface area contributed by atoms with Crippen LogP contribution in [-0.4, -0.2) is 30.5 Å². The lowest BCUT2D eigenvalue weighted by atomic mass is 9.81. The second-order valence-electron chi connectivity index (χ2n) is 6.58. The van der Waals surface area contributed by atoms with Gasteiger partial charge in [-0.15, -0.1) is 0 Å². The summed E-state index contributed by atoms with van der Waals surface area (Å²) in [4.78, 5) is 29.4. The van der Waals surface area contributed by atoms with E-state index in [4.69, 9.17) is 10.5 Å². The molecular formula is C16H27N3O3S. The number of nitrogens with zero attached hydrogens (tertiary/aromatic N) is 1. The number of rotatable bonds is 6. The maximum absolute atomic E-state index is 12.6. The van der Waals surface area contributed by atoms with Crippen molar-refractivity contribution in [2.45, 2.75) is 52.9 Å². The lowest BCUT2D eigenvalue weighted by molar-refractivity contribution is -0.125. The van der Waals surface area contributed by atoms with Gasteiger partial charge in [0.15, 0.2) is 5.13 Å². The molecule has 130 valence electrons. The van der Waals surface area contributed by atoms with Gasteiger partial charge in [-0.2, -0.15) is 0 Å². The second kappa shape index (κ2) is 7.40. The number of aromatic nitrogens is 1. The van der Waals surface area contributed by atoms with Crippen LogP contribution in [0.25, 0.3) is 0 Å². The molecule has 6 nitrogen and oxygen atoms in total. The van der Waals surface area contributed by atoms with Crippen LogP contribution in [0.15, 0.2) is 0 Å². The number of hydrogen-bond acceptors (Lipinski definition) is 6. The summed E-state index contributed by atoms with van der Waals surface area (Å²) in [5.41, 5.74) is 5.48. The van der Waals surface area contributed by atoms with Gasteiger partial charge in [-0.05, 0) is 12.8 Å². The van der Waals surface area contributed by atoms with Crippen molar-refractivity contribution >= 4 is 28.3 Å². The molecule has 1 aromatic heterocycles. The van der Waals surface area contributed by atoms with Gasteiger partial charge in [0.05, 0.1) is 18.2 Å². The molecule has 0 aliphatic heterocycles. The fourth-order valence-electron chi connectivity index (χ4n) is 2.30. The molecule has 7 heteroatoms. The molecule has 0 bridgehead atoms. The van der Waals surface area contributed by atoms with E-state index < -0.39 is 11.4 Å². The van der Waals surface area contributed by atoms with Crippen molar-refractivity contribution in [3.63, 3.8) is 0 Å². The fraction of sp³-hybridized carbons (Fsp3) is 0.688. The highest BCUT2D eigenvalue weighted by atomic mass is 32.1. The van der Waals surface area contributed by atoms with E-state index >= 15 is 0 Å².